The van der Waals surface area contributed by atoms with Gasteiger partial charge in [-0.2, -0.15) is 0 Å². The topological polar surface area (TPSA) is 54.3 Å². The van der Waals surface area contributed by atoms with Gasteiger partial charge in [-0.25, -0.2) is 0 Å². The van der Waals surface area contributed by atoms with Crippen LogP contribution in [-0.2, 0) is 13.6 Å². The third kappa shape index (κ3) is 3.62. The van der Waals surface area contributed by atoms with Gasteiger partial charge in [-0.15, -0.1) is 0 Å². The molecule has 6 heteroatoms. The van der Waals surface area contributed by atoms with E-state index in [0.717, 1.165) is 42.4 Å². The van der Waals surface area contributed by atoms with Gasteiger partial charge in [0.15, 0.2) is 0 Å². The summed E-state index contributed by atoms with van der Waals surface area (Å²) in [6, 6.07) is 14.9. The Hall–Kier alpha value is -2.79. The summed E-state index contributed by atoms with van der Waals surface area (Å²) in [7, 11) is 1.85. The fourth-order valence-corrected chi connectivity index (χ4v) is 3.83. The van der Waals surface area contributed by atoms with E-state index in [1.54, 1.807) is 0 Å². The van der Waals surface area contributed by atoms with E-state index in [1.165, 1.54) is 0 Å². The molecular weight excluding hydrogens is 374 g/mol. The lowest BCUT2D eigenvalue weighted by atomic mass is 10.1. The number of nitrogens with zero attached hydrogens (tertiary/aromatic N) is 2. The molecule has 1 aliphatic heterocycles. The van der Waals surface area contributed by atoms with Crippen LogP contribution in [0.3, 0.4) is 0 Å². The molecule has 1 fully saturated rings. The molecule has 2 heterocycles. The third-order valence-electron chi connectivity index (χ3n) is 5.29. The van der Waals surface area contributed by atoms with Crippen LogP contribution >= 0.6 is 11.6 Å². The molecule has 0 spiro atoms. The maximum absolute atomic E-state index is 12.6. The van der Waals surface area contributed by atoms with Crippen LogP contribution in [0.15, 0.2) is 48.5 Å². The van der Waals surface area contributed by atoms with Crippen LogP contribution in [0.25, 0.3) is 10.9 Å². The van der Waals surface area contributed by atoms with Crippen LogP contribution in [0, 0.1) is 0 Å². The SMILES string of the molecule is Cn1c(C(=O)NCc2ccc(C(=O)N3CCCC3)cc2)cc2ccc(Cl)cc21. The van der Waals surface area contributed by atoms with Crippen molar-refractivity contribution in [2.45, 2.75) is 19.4 Å². The predicted octanol–water partition coefficient (Wildman–Crippen LogP) is 4.00. The summed E-state index contributed by atoms with van der Waals surface area (Å²) >= 11 is 6.06. The summed E-state index contributed by atoms with van der Waals surface area (Å²) in [4.78, 5) is 26.9. The highest BCUT2D eigenvalue weighted by molar-refractivity contribution is 6.31. The lowest BCUT2D eigenvalue weighted by Gasteiger charge is -2.15. The normalized spacial score (nSPS) is 13.9. The number of hydrogen-bond donors (Lipinski definition) is 1. The Balaban J connectivity index is 1.42. The van der Waals surface area contributed by atoms with Gasteiger partial charge in [0, 0.05) is 48.2 Å². The van der Waals surface area contributed by atoms with Crippen LogP contribution in [0.1, 0.15) is 39.3 Å². The summed E-state index contributed by atoms with van der Waals surface area (Å²) in [5, 5.41) is 4.56. The molecule has 0 bridgehead atoms. The monoisotopic (exact) mass is 395 g/mol. The second-order valence-electron chi connectivity index (χ2n) is 7.17. The number of amides is 2. The smallest absolute Gasteiger partial charge is 0.268 e. The Morgan fingerprint density at radius 1 is 1.04 bits per heavy atom. The lowest BCUT2D eigenvalue weighted by Crippen LogP contribution is -2.27. The van der Waals surface area contributed by atoms with Gasteiger partial charge in [0.05, 0.1) is 0 Å². The number of nitrogens with one attached hydrogen (secondary N) is 1. The minimum atomic E-state index is -0.146. The Morgan fingerprint density at radius 3 is 2.46 bits per heavy atom. The highest BCUT2D eigenvalue weighted by atomic mass is 35.5. The molecule has 0 aliphatic carbocycles. The predicted molar refractivity (Wildman–Crippen MR) is 111 cm³/mol. The van der Waals surface area contributed by atoms with E-state index in [1.807, 2.05) is 65.0 Å². The molecule has 0 unspecified atom stereocenters. The fraction of sp³-hybridized carbons (Fsp3) is 0.273. The molecule has 1 N–H and O–H groups in total. The Labute approximate surface area is 168 Å². The van der Waals surface area contributed by atoms with Crippen molar-refractivity contribution in [3.63, 3.8) is 0 Å². The van der Waals surface area contributed by atoms with E-state index in [2.05, 4.69) is 5.32 Å². The molecule has 144 valence electrons. The van der Waals surface area contributed by atoms with Crippen LogP contribution in [-0.4, -0.2) is 34.4 Å². The molecule has 2 aromatic carbocycles. The number of carbonyl (C=O) groups is 2. The average molecular weight is 396 g/mol. The number of carbonyl (C=O) groups excluding carboxylic acids is 2. The zero-order valence-electron chi connectivity index (χ0n) is 15.7. The molecule has 1 saturated heterocycles. The summed E-state index contributed by atoms with van der Waals surface area (Å²) in [5.74, 6) is -0.0608. The zero-order valence-corrected chi connectivity index (χ0v) is 16.5. The van der Waals surface area contributed by atoms with Crippen molar-refractivity contribution in [3.05, 3.63) is 70.4 Å². The first-order chi connectivity index (χ1) is 13.5. The van der Waals surface area contributed by atoms with Crippen molar-refractivity contribution in [2.75, 3.05) is 13.1 Å². The van der Waals surface area contributed by atoms with Gasteiger partial charge in [-0.3, -0.25) is 9.59 Å². The van der Waals surface area contributed by atoms with Gasteiger partial charge in [0.25, 0.3) is 11.8 Å². The van der Waals surface area contributed by atoms with Crippen LogP contribution in [0.5, 0.6) is 0 Å². The van der Waals surface area contributed by atoms with Crippen LogP contribution in [0.4, 0.5) is 0 Å². The highest BCUT2D eigenvalue weighted by Gasteiger charge is 2.19. The van der Waals surface area contributed by atoms with Crippen LogP contribution < -0.4 is 5.32 Å². The van der Waals surface area contributed by atoms with E-state index in [9.17, 15) is 9.59 Å². The number of likely N-dealkylation sites (tertiary alicyclic amines) is 1. The van der Waals surface area contributed by atoms with Crippen molar-refractivity contribution in [1.82, 2.24) is 14.8 Å². The summed E-state index contributed by atoms with van der Waals surface area (Å²) in [5.41, 5.74) is 3.15. The number of rotatable bonds is 4. The first-order valence-electron chi connectivity index (χ1n) is 9.44. The molecule has 0 saturated carbocycles. The maximum Gasteiger partial charge on any atom is 0.268 e. The van der Waals surface area contributed by atoms with Crippen LogP contribution in [0.2, 0.25) is 5.02 Å². The molecule has 0 atom stereocenters. The number of aryl methyl sites for hydroxylation is 1. The Morgan fingerprint density at radius 2 is 1.75 bits per heavy atom. The van der Waals surface area contributed by atoms with Crippen molar-refractivity contribution in [1.29, 1.82) is 0 Å². The number of hydrogen-bond acceptors (Lipinski definition) is 2. The standard InChI is InChI=1S/C22H22ClN3O2/c1-25-19-13-18(23)9-8-17(19)12-20(25)21(27)24-14-15-4-6-16(7-5-15)22(28)26-10-2-3-11-26/h4-9,12-13H,2-3,10-11,14H2,1H3,(H,24,27). The molecule has 5 nitrogen and oxygen atoms in total. The van der Waals surface area contributed by atoms with Crippen molar-refractivity contribution in [2.24, 2.45) is 7.05 Å². The number of fused-ring (bicyclic) bond motifs is 1. The number of halogens is 1. The Bertz CT molecular complexity index is 1030. The molecular formula is C22H22ClN3O2. The average Bonchev–Trinajstić information content (AvgIpc) is 3.35. The first-order valence-corrected chi connectivity index (χ1v) is 9.82. The second-order valence-corrected chi connectivity index (χ2v) is 7.61. The summed E-state index contributed by atoms with van der Waals surface area (Å²) in [6.45, 7) is 2.08. The van der Waals surface area contributed by atoms with Crippen molar-refractivity contribution in [3.8, 4) is 0 Å². The van der Waals surface area contributed by atoms with Crippen molar-refractivity contribution >= 4 is 34.3 Å². The minimum Gasteiger partial charge on any atom is -0.347 e. The van der Waals surface area contributed by atoms with Gasteiger partial charge in [-0.05, 0) is 48.7 Å². The van der Waals surface area contributed by atoms with Gasteiger partial charge < -0.3 is 14.8 Å². The number of aromatic nitrogens is 1. The van der Waals surface area contributed by atoms with E-state index >= 15 is 0 Å². The molecule has 1 aromatic heterocycles. The summed E-state index contributed by atoms with van der Waals surface area (Å²) < 4.78 is 1.84. The minimum absolute atomic E-state index is 0.0854. The fourth-order valence-electron chi connectivity index (χ4n) is 3.66. The molecule has 0 radical (unpaired) electrons. The molecule has 3 aromatic rings. The van der Waals surface area contributed by atoms with Gasteiger partial charge in [-0.1, -0.05) is 29.8 Å². The van der Waals surface area contributed by atoms with E-state index in [4.69, 9.17) is 11.6 Å². The van der Waals surface area contributed by atoms with Crippen molar-refractivity contribution < 1.29 is 9.59 Å². The maximum atomic E-state index is 12.6. The highest BCUT2D eigenvalue weighted by Crippen LogP contribution is 2.22. The lowest BCUT2D eigenvalue weighted by molar-refractivity contribution is 0.0792. The first kappa shape index (κ1) is 18.6. The molecule has 2 amide bonds. The quantitative estimate of drug-likeness (QED) is 0.726. The third-order valence-corrected chi connectivity index (χ3v) is 5.52. The zero-order chi connectivity index (χ0) is 19.7. The molecule has 4 rings (SSSR count). The molecule has 28 heavy (non-hydrogen) atoms. The van der Waals surface area contributed by atoms with Gasteiger partial charge >= 0.3 is 0 Å². The van der Waals surface area contributed by atoms with E-state index < -0.39 is 0 Å². The van der Waals surface area contributed by atoms with E-state index in [0.29, 0.717) is 22.8 Å². The van der Waals surface area contributed by atoms with Gasteiger partial charge in [0.1, 0.15) is 5.69 Å². The largest absolute Gasteiger partial charge is 0.347 e. The summed E-state index contributed by atoms with van der Waals surface area (Å²) in [6.07, 6.45) is 2.16. The van der Waals surface area contributed by atoms with Gasteiger partial charge in [0.2, 0.25) is 0 Å². The van der Waals surface area contributed by atoms with E-state index in [-0.39, 0.29) is 11.8 Å². The Kier molecular flexibility index (Phi) is 5.09. The second kappa shape index (κ2) is 7.68. The molecule has 1 aliphatic rings. The number of benzene rings is 2.